The van der Waals surface area contributed by atoms with E-state index in [4.69, 9.17) is 5.11 Å². The summed E-state index contributed by atoms with van der Waals surface area (Å²) in [6.45, 7) is 3.56. The van der Waals surface area contributed by atoms with Crippen molar-refractivity contribution in [3.05, 3.63) is 28.3 Å². The average Bonchev–Trinajstić information content (AvgIpc) is 2.41. The Kier molecular flexibility index (Phi) is 5.38. The van der Waals surface area contributed by atoms with Gasteiger partial charge in [-0.05, 0) is 38.7 Å². The fourth-order valence-corrected chi connectivity index (χ4v) is 2.63. The van der Waals surface area contributed by atoms with E-state index in [0.29, 0.717) is 12.5 Å². The van der Waals surface area contributed by atoms with Gasteiger partial charge in [0.05, 0.1) is 4.92 Å². The number of aliphatic hydroxyl groups is 1. The van der Waals surface area contributed by atoms with E-state index in [1.165, 1.54) is 6.42 Å². The number of non-ortho nitro benzene ring substituents is 1. The van der Waals surface area contributed by atoms with E-state index in [1.54, 1.807) is 12.1 Å². The van der Waals surface area contributed by atoms with Crippen LogP contribution in [0.15, 0.2) is 18.2 Å². The van der Waals surface area contributed by atoms with Crippen LogP contribution in [0, 0.1) is 10.1 Å². The SMILES string of the molecule is CCNc1cc(N(CCCO)C2CCC2)cc([N+](=O)[O-])c1. The first-order valence-electron chi connectivity index (χ1n) is 7.56. The number of hydrogen-bond donors (Lipinski definition) is 2. The van der Waals surface area contributed by atoms with Crippen LogP contribution in [0.5, 0.6) is 0 Å². The van der Waals surface area contributed by atoms with Crippen LogP contribution in [0.1, 0.15) is 32.6 Å². The molecule has 0 unspecified atom stereocenters. The predicted octanol–water partition coefficient (Wildman–Crippen LogP) is 2.77. The summed E-state index contributed by atoms with van der Waals surface area (Å²) in [6.07, 6.45) is 4.11. The number of rotatable bonds is 8. The molecule has 0 radical (unpaired) electrons. The topological polar surface area (TPSA) is 78.6 Å². The van der Waals surface area contributed by atoms with Gasteiger partial charge in [-0.15, -0.1) is 0 Å². The standard InChI is InChI=1S/C15H23N3O3/c1-2-16-12-9-14(11-15(10-12)18(20)21)17(7-4-8-19)13-5-3-6-13/h9-11,13,16,19H,2-8H2,1H3. The minimum Gasteiger partial charge on any atom is -0.396 e. The maximum atomic E-state index is 11.1. The molecule has 0 saturated heterocycles. The minimum absolute atomic E-state index is 0.108. The Morgan fingerprint density at radius 1 is 1.43 bits per heavy atom. The molecule has 2 rings (SSSR count). The van der Waals surface area contributed by atoms with Gasteiger partial charge in [0, 0.05) is 49.2 Å². The number of nitro groups is 1. The second-order valence-electron chi connectivity index (χ2n) is 5.38. The van der Waals surface area contributed by atoms with Gasteiger partial charge in [-0.3, -0.25) is 10.1 Å². The molecule has 116 valence electrons. The summed E-state index contributed by atoms with van der Waals surface area (Å²) in [5, 5.41) is 23.3. The van der Waals surface area contributed by atoms with Crippen molar-refractivity contribution in [3.8, 4) is 0 Å². The van der Waals surface area contributed by atoms with Gasteiger partial charge in [0.25, 0.3) is 5.69 Å². The average molecular weight is 293 g/mol. The molecule has 6 heteroatoms. The second-order valence-corrected chi connectivity index (χ2v) is 5.38. The van der Waals surface area contributed by atoms with Crippen molar-refractivity contribution in [1.82, 2.24) is 0 Å². The smallest absolute Gasteiger partial charge is 0.273 e. The van der Waals surface area contributed by atoms with E-state index in [9.17, 15) is 10.1 Å². The van der Waals surface area contributed by atoms with Gasteiger partial charge >= 0.3 is 0 Å². The highest BCUT2D eigenvalue weighted by Gasteiger charge is 2.26. The number of hydrogen-bond acceptors (Lipinski definition) is 5. The van der Waals surface area contributed by atoms with Crippen LogP contribution in [0.4, 0.5) is 17.1 Å². The Hall–Kier alpha value is -1.82. The molecule has 0 spiro atoms. The summed E-state index contributed by atoms with van der Waals surface area (Å²) in [6, 6.07) is 5.61. The van der Waals surface area contributed by atoms with Gasteiger partial charge in [-0.2, -0.15) is 0 Å². The van der Waals surface area contributed by atoms with E-state index < -0.39 is 0 Å². The quantitative estimate of drug-likeness (QED) is 0.569. The minimum atomic E-state index is -0.352. The van der Waals surface area contributed by atoms with Gasteiger partial charge in [0.1, 0.15) is 0 Å². The molecular weight excluding hydrogens is 270 g/mol. The van der Waals surface area contributed by atoms with Crippen LogP contribution in [-0.2, 0) is 0 Å². The van der Waals surface area contributed by atoms with Crippen LogP contribution < -0.4 is 10.2 Å². The second kappa shape index (κ2) is 7.26. The van der Waals surface area contributed by atoms with Crippen LogP contribution >= 0.6 is 0 Å². The third-order valence-electron chi connectivity index (χ3n) is 3.90. The largest absolute Gasteiger partial charge is 0.396 e. The monoisotopic (exact) mass is 293 g/mol. The molecule has 1 aromatic rings. The Balaban J connectivity index is 2.30. The summed E-state index contributed by atoms with van der Waals surface area (Å²) >= 11 is 0. The number of nitrogens with zero attached hydrogens (tertiary/aromatic N) is 2. The molecular formula is C15H23N3O3. The summed E-state index contributed by atoms with van der Waals surface area (Å²) in [5.74, 6) is 0. The van der Waals surface area contributed by atoms with Gasteiger partial charge in [-0.25, -0.2) is 0 Å². The third-order valence-corrected chi connectivity index (χ3v) is 3.90. The Labute approximate surface area is 124 Å². The first-order valence-corrected chi connectivity index (χ1v) is 7.56. The highest BCUT2D eigenvalue weighted by Crippen LogP contribution is 2.33. The molecule has 21 heavy (non-hydrogen) atoms. The van der Waals surface area contributed by atoms with Crippen LogP contribution in [-0.4, -0.2) is 35.8 Å². The normalized spacial score (nSPS) is 14.6. The molecule has 0 amide bonds. The summed E-state index contributed by atoms with van der Waals surface area (Å²) < 4.78 is 0. The Morgan fingerprint density at radius 2 is 2.19 bits per heavy atom. The molecule has 0 bridgehead atoms. The lowest BCUT2D eigenvalue weighted by Crippen LogP contribution is -2.41. The highest BCUT2D eigenvalue weighted by molar-refractivity contribution is 5.65. The number of nitrogens with one attached hydrogen (secondary N) is 1. The van der Waals surface area contributed by atoms with Crippen LogP contribution in [0.25, 0.3) is 0 Å². The Bertz CT molecular complexity index is 489. The summed E-state index contributed by atoms with van der Waals surface area (Å²) in [7, 11) is 0. The first-order chi connectivity index (χ1) is 10.2. The molecule has 1 aliphatic carbocycles. The molecule has 0 aromatic heterocycles. The number of benzene rings is 1. The first kappa shape index (κ1) is 15.6. The fourth-order valence-electron chi connectivity index (χ4n) is 2.63. The maximum absolute atomic E-state index is 11.1. The van der Waals surface area contributed by atoms with Crippen molar-refractivity contribution < 1.29 is 10.0 Å². The number of aliphatic hydroxyl groups excluding tert-OH is 1. The van der Waals surface area contributed by atoms with Gasteiger partial charge in [0.15, 0.2) is 0 Å². The maximum Gasteiger partial charge on any atom is 0.273 e. The molecule has 0 atom stereocenters. The number of anilines is 2. The molecule has 2 N–H and O–H groups in total. The van der Waals surface area contributed by atoms with Gasteiger partial charge in [-0.1, -0.05) is 0 Å². The van der Waals surface area contributed by atoms with Crippen molar-refractivity contribution in [3.63, 3.8) is 0 Å². The lowest BCUT2D eigenvalue weighted by molar-refractivity contribution is -0.384. The van der Waals surface area contributed by atoms with E-state index in [-0.39, 0.29) is 17.2 Å². The van der Waals surface area contributed by atoms with Gasteiger partial charge in [0.2, 0.25) is 0 Å². The molecule has 1 saturated carbocycles. The summed E-state index contributed by atoms with van der Waals surface area (Å²) in [5.41, 5.74) is 1.75. The van der Waals surface area contributed by atoms with E-state index in [0.717, 1.165) is 37.3 Å². The summed E-state index contributed by atoms with van der Waals surface area (Å²) in [4.78, 5) is 13.0. The van der Waals surface area contributed by atoms with Crippen molar-refractivity contribution >= 4 is 17.1 Å². The molecule has 0 heterocycles. The van der Waals surface area contributed by atoms with Crippen molar-refractivity contribution in [2.45, 2.75) is 38.6 Å². The van der Waals surface area contributed by atoms with E-state index in [1.807, 2.05) is 13.0 Å². The van der Waals surface area contributed by atoms with Crippen molar-refractivity contribution in [2.75, 3.05) is 29.9 Å². The fraction of sp³-hybridized carbons (Fsp3) is 0.600. The highest BCUT2D eigenvalue weighted by atomic mass is 16.6. The molecule has 6 nitrogen and oxygen atoms in total. The van der Waals surface area contributed by atoms with Crippen LogP contribution in [0.2, 0.25) is 0 Å². The zero-order chi connectivity index (χ0) is 15.2. The van der Waals surface area contributed by atoms with Crippen molar-refractivity contribution in [1.29, 1.82) is 0 Å². The molecule has 1 aromatic carbocycles. The lowest BCUT2D eigenvalue weighted by atomic mass is 9.90. The third kappa shape index (κ3) is 3.85. The zero-order valence-electron chi connectivity index (χ0n) is 12.4. The van der Waals surface area contributed by atoms with E-state index >= 15 is 0 Å². The zero-order valence-corrected chi connectivity index (χ0v) is 12.4. The van der Waals surface area contributed by atoms with Crippen LogP contribution in [0.3, 0.4) is 0 Å². The molecule has 0 aliphatic heterocycles. The Morgan fingerprint density at radius 3 is 2.71 bits per heavy atom. The molecule has 1 fully saturated rings. The van der Waals surface area contributed by atoms with Crippen molar-refractivity contribution in [2.24, 2.45) is 0 Å². The lowest BCUT2D eigenvalue weighted by Gasteiger charge is -2.39. The molecule has 1 aliphatic rings. The predicted molar refractivity (Wildman–Crippen MR) is 83.9 cm³/mol. The van der Waals surface area contributed by atoms with Gasteiger partial charge < -0.3 is 15.3 Å². The number of nitro benzene ring substituents is 1. The van der Waals surface area contributed by atoms with E-state index in [2.05, 4.69) is 10.2 Å².